The van der Waals surface area contributed by atoms with Crippen molar-refractivity contribution >= 4 is 26.0 Å². The van der Waals surface area contributed by atoms with Crippen LogP contribution in [0, 0.1) is 0 Å². The van der Waals surface area contributed by atoms with Gasteiger partial charge in [0.05, 0.1) is 12.4 Å². The maximum absolute atomic E-state index is 12.2. The van der Waals surface area contributed by atoms with Crippen LogP contribution in [0.5, 0.6) is 0 Å². The normalized spacial score (nSPS) is 13.3. The molecule has 0 bridgehead atoms. The largest absolute Gasteiger partial charge is 0.402 e. The van der Waals surface area contributed by atoms with Crippen molar-refractivity contribution in [3.8, 4) is 0 Å². The van der Waals surface area contributed by atoms with Crippen LogP contribution in [0.4, 0.5) is 13.2 Å². The highest BCUT2D eigenvalue weighted by molar-refractivity contribution is 9.09. The van der Waals surface area contributed by atoms with Gasteiger partial charge in [-0.2, -0.15) is 17.5 Å². The topological polar surface area (TPSA) is 46.6 Å². The van der Waals surface area contributed by atoms with Gasteiger partial charge < -0.3 is 4.74 Å². The minimum Gasteiger partial charge on any atom is -0.381 e. The lowest BCUT2D eigenvalue weighted by Gasteiger charge is -2.22. The third-order valence-electron chi connectivity index (χ3n) is 1.77. The number of hydrogen-bond donors (Lipinski definition) is 0. The Hall–Kier alpha value is 0.140. The molecule has 0 heterocycles. The van der Waals surface area contributed by atoms with Crippen molar-refractivity contribution in [3.63, 3.8) is 0 Å². The van der Waals surface area contributed by atoms with Gasteiger partial charge in [-0.1, -0.05) is 15.9 Å². The van der Waals surface area contributed by atoms with E-state index in [2.05, 4.69) is 15.9 Å². The number of halogens is 4. The number of nitrogens with zero attached hydrogens (tertiary/aromatic N) is 1. The van der Waals surface area contributed by atoms with Crippen LogP contribution in [-0.2, 0) is 14.8 Å². The van der Waals surface area contributed by atoms with Crippen LogP contribution < -0.4 is 0 Å². The maximum atomic E-state index is 12.2. The molecule has 0 saturated carbocycles. The molecular weight excluding hydrogens is 327 g/mol. The summed E-state index contributed by atoms with van der Waals surface area (Å²) in [6.07, 6.45) is -4.54. The fraction of sp³-hybridized carbons (Fsp3) is 1.00. The van der Waals surface area contributed by atoms with Crippen LogP contribution in [0.25, 0.3) is 0 Å². The number of sulfonamides is 1. The Balaban J connectivity index is 4.56. The lowest BCUT2D eigenvalue weighted by molar-refractivity contribution is -0.135. The molecule has 0 atom stereocenters. The Morgan fingerprint density at radius 2 is 1.94 bits per heavy atom. The highest BCUT2D eigenvalue weighted by atomic mass is 79.9. The first-order valence-electron chi connectivity index (χ1n) is 4.91. The minimum absolute atomic E-state index is 0.102. The Morgan fingerprint density at radius 3 is 2.35 bits per heavy atom. The average molecular weight is 342 g/mol. The summed E-state index contributed by atoms with van der Waals surface area (Å²) >= 11 is 2.93. The molecule has 0 radical (unpaired) electrons. The summed E-state index contributed by atoms with van der Waals surface area (Å²) in [5.74, 6) is -0.441. The second-order valence-corrected chi connectivity index (χ2v) is 6.03. The predicted molar refractivity (Wildman–Crippen MR) is 61.7 cm³/mol. The summed E-state index contributed by atoms with van der Waals surface area (Å²) in [4.78, 5) is 0. The number of ether oxygens (including phenoxy) is 1. The molecule has 0 spiro atoms. The molecule has 104 valence electrons. The molecule has 0 fully saturated rings. The smallest absolute Gasteiger partial charge is 0.381 e. The van der Waals surface area contributed by atoms with Crippen LogP contribution in [0.1, 0.15) is 6.92 Å². The first kappa shape index (κ1) is 17.1. The molecular formula is C8H15BrF3NO3S. The Morgan fingerprint density at radius 1 is 1.35 bits per heavy atom. The van der Waals surface area contributed by atoms with Crippen molar-refractivity contribution in [3.05, 3.63) is 0 Å². The van der Waals surface area contributed by atoms with Crippen molar-refractivity contribution in [1.82, 2.24) is 4.31 Å². The highest BCUT2D eigenvalue weighted by Gasteiger charge is 2.35. The van der Waals surface area contributed by atoms with Crippen molar-refractivity contribution in [1.29, 1.82) is 0 Å². The van der Waals surface area contributed by atoms with Crippen LogP contribution in [0.2, 0.25) is 0 Å². The van der Waals surface area contributed by atoms with E-state index in [0.717, 1.165) is 0 Å². The van der Waals surface area contributed by atoms with E-state index in [1.54, 1.807) is 6.92 Å². The molecule has 0 aromatic heterocycles. The molecule has 0 unspecified atom stereocenters. The van der Waals surface area contributed by atoms with Gasteiger partial charge in [0.25, 0.3) is 0 Å². The average Bonchev–Trinajstić information content (AvgIpc) is 2.15. The summed E-state index contributed by atoms with van der Waals surface area (Å²) in [5, 5.41) is 0.150. The third-order valence-corrected chi connectivity index (χ3v) is 3.91. The second-order valence-electron chi connectivity index (χ2n) is 3.15. The van der Waals surface area contributed by atoms with E-state index in [-0.39, 0.29) is 18.5 Å². The van der Waals surface area contributed by atoms with Crippen molar-refractivity contribution < 1.29 is 26.3 Å². The lowest BCUT2D eigenvalue weighted by atomic mass is 10.6. The number of hydrogen-bond acceptors (Lipinski definition) is 3. The molecule has 0 saturated heterocycles. The molecule has 0 aliphatic rings. The zero-order chi connectivity index (χ0) is 13.5. The van der Waals surface area contributed by atoms with E-state index >= 15 is 0 Å². The molecule has 0 aromatic rings. The zero-order valence-electron chi connectivity index (χ0n) is 9.33. The fourth-order valence-electron chi connectivity index (χ4n) is 1.05. The molecule has 0 aliphatic carbocycles. The van der Waals surface area contributed by atoms with Crippen molar-refractivity contribution in [2.75, 3.05) is 37.4 Å². The van der Waals surface area contributed by atoms with Gasteiger partial charge >= 0.3 is 6.18 Å². The van der Waals surface area contributed by atoms with Gasteiger partial charge in [-0.15, -0.1) is 0 Å². The summed E-state index contributed by atoms with van der Waals surface area (Å²) in [6, 6.07) is 0. The summed E-state index contributed by atoms with van der Waals surface area (Å²) in [6.45, 7) is 0.225. The second kappa shape index (κ2) is 7.55. The molecule has 0 rings (SSSR count). The quantitative estimate of drug-likeness (QED) is 0.497. The first-order chi connectivity index (χ1) is 7.73. The summed E-state index contributed by atoms with van der Waals surface area (Å²) in [7, 11) is -3.93. The van der Waals surface area contributed by atoms with Crippen LogP contribution in [0.15, 0.2) is 0 Å². The van der Waals surface area contributed by atoms with E-state index in [1.807, 2.05) is 0 Å². The SMILES string of the molecule is CCOCCS(=O)(=O)N(CCBr)CC(F)(F)F. The Bertz CT molecular complexity index is 308. The van der Waals surface area contributed by atoms with E-state index < -0.39 is 28.5 Å². The van der Waals surface area contributed by atoms with Crippen LogP contribution in [-0.4, -0.2) is 56.3 Å². The molecule has 17 heavy (non-hydrogen) atoms. The third kappa shape index (κ3) is 7.96. The maximum Gasteiger partial charge on any atom is 0.402 e. The molecule has 0 amide bonds. The summed E-state index contributed by atoms with van der Waals surface area (Å²) in [5.41, 5.74) is 0. The number of alkyl halides is 4. The monoisotopic (exact) mass is 341 g/mol. The Labute approximate surface area is 107 Å². The highest BCUT2D eigenvalue weighted by Crippen LogP contribution is 2.18. The van der Waals surface area contributed by atoms with Gasteiger partial charge in [0.15, 0.2) is 0 Å². The fourth-order valence-corrected chi connectivity index (χ4v) is 3.01. The van der Waals surface area contributed by atoms with Gasteiger partial charge in [0.2, 0.25) is 10.0 Å². The van der Waals surface area contributed by atoms with Crippen molar-refractivity contribution in [2.24, 2.45) is 0 Å². The van der Waals surface area contributed by atoms with E-state index in [0.29, 0.717) is 10.9 Å². The minimum atomic E-state index is -4.54. The zero-order valence-corrected chi connectivity index (χ0v) is 11.7. The standard InChI is InChI=1S/C8H15BrF3NO3S/c1-2-16-5-6-17(14,15)13(4-3-9)7-8(10,11)12/h2-7H2,1H3. The van der Waals surface area contributed by atoms with Gasteiger partial charge in [-0.3, -0.25) is 0 Å². The molecule has 0 aromatic carbocycles. The number of rotatable bonds is 8. The predicted octanol–water partition coefficient (Wildman–Crippen LogP) is 1.61. The van der Waals surface area contributed by atoms with Crippen LogP contribution in [0.3, 0.4) is 0 Å². The first-order valence-corrected chi connectivity index (χ1v) is 7.64. The van der Waals surface area contributed by atoms with E-state index in [1.165, 1.54) is 0 Å². The summed E-state index contributed by atoms with van der Waals surface area (Å²) < 4.78 is 65.0. The van der Waals surface area contributed by atoms with E-state index in [4.69, 9.17) is 4.74 Å². The molecule has 0 N–H and O–H groups in total. The van der Waals surface area contributed by atoms with Crippen molar-refractivity contribution in [2.45, 2.75) is 13.1 Å². The lowest BCUT2D eigenvalue weighted by Crippen LogP contribution is -2.41. The molecule has 9 heteroatoms. The molecule has 4 nitrogen and oxygen atoms in total. The van der Waals surface area contributed by atoms with Gasteiger partial charge in [0, 0.05) is 18.5 Å². The van der Waals surface area contributed by atoms with Gasteiger partial charge in [-0.25, -0.2) is 8.42 Å². The van der Waals surface area contributed by atoms with Gasteiger partial charge in [0.1, 0.15) is 6.54 Å². The molecule has 0 aliphatic heterocycles. The van der Waals surface area contributed by atoms with Gasteiger partial charge in [-0.05, 0) is 6.92 Å². The van der Waals surface area contributed by atoms with Crippen LogP contribution >= 0.6 is 15.9 Å². The Kier molecular flexibility index (Phi) is 7.61. The van der Waals surface area contributed by atoms with E-state index in [9.17, 15) is 21.6 Å².